The number of methoxy groups -OCH3 is 1. The minimum absolute atomic E-state index is 0.181. The van der Waals surface area contributed by atoms with Crippen molar-refractivity contribution >= 4 is 23.2 Å². The molecule has 0 bridgehead atoms. The first kappa shape index (κ1) is 19.8. The molecule has 0 aliphatic carbocycles. The maximum Gasteiger partial charge on any atom is 0.255 e. The van der Waals surface area contributed by atoms with Gasteiger partial charge in [0.25, 0.3) is 5.91 Å². The van der Waals surface area contributed by atoms with E-state index in [-0.39, 0.29) is 12.5 Å². The maximum absolute atomic E-state index is 12.6. The van der Waals surface area contributed by atoms with Gasteiger partial charge < -0.3 is 14.8 Å². The fourth-order valence-corrected chi connectivity index (χ4v) is 2.88. The zero-order valence-corrected chi connectivity index (χ0v) is 16.6. The molecular weight excluding hydrogens is 374 g/mol. The normalized spacial score (nSPS) is 10.4. The smallest absolute Gasteiger partial charge is 0.255 e. The van der Waals surface area contributed by atoms with Crippen molar-refractivity contribution in [2.24, 2.45) is 0 Å². The van der Waals surface area contributed by atoms with Gasteiger partial charge in [-0.3, -0.25) is 4.79 Å². The van der Waals surface area contributed by atoms with Crippen LogP contribution in [0.2, 0.25) is 5.02 Å². The Bertz CT molecular complexity index is 937. The quantitative estimate of drug-likeness (QED) is 0.554. The van der Waals surface area contributed by atoms with Crippen LogP contribution in [0.4, 0.5) is 5.69 Å². The van der Waals surface area contributed by atoms with Crippen molar-refractivity contribution in [2.45, 2.75) is 20.0 Å². The Labute approximate surface area is 170 Å². The minimum atomic E-state index is -0.181. The minimum Gasteiger partial charge on any atom is -0.496 e. The molecule has 0 saturated carbocycles. The van der Waals surface area contributed by atoms with E-state index < -0.39 is 0 Å². The van der Waals surface area contributed by atoms with Crippen molar-refractivity contribution in [3.8, 4) is 11.5 Å². The molecule has 0 aliphatic rings. The first-order chi connectivity index (χ1) is 13.6. The number of rotatable bonds is 7. The van der Waals surface area contributed by atoms with E-state index in [4.69, 9.17) is 21.1 Å². The van der Waals surface area contributed by atoms with Gasteiger partial charge in [0.2, 0.25) is 0 Å². The zero-order valence-electron chi connectivity index (χ0n) is 15.9. The lowest BCUT2D eigenvalue weighted by Crippen LogP contribution is -2.13. The fourth-order valence-electron chi connectivity index (χ4n) is 2.75. The summed E-state index contributed by atoms with van der Waals surface area (Å²) in [5, 5.41) is 3.57. The third-order valence-corrected chi connectivity index (χ3v) is 4.62. The van der Waals surface area contributed by atoms with Crippen LogP contribution in [0.1, 0.15) is 28.4 Å². The number of hydrogen-bond donors (Lipinski definition) is 1. The number of carbonyl (C=O) groups is 1. The number of anilines is 1. The highest BCUT2D eigenvalue weighted by atomic mass is 35.5. The van der Waals surface area contributed by atoms with Gasteiger partial charge >= 0.3 is 0 Å². The molecule has 0 radical (unpaired) electrons. The van der Waals surface area contributed by atoms with Crippen molar-refractivity contribution < 1.29 is 14.3 Å². The molecule has 4 nitrogen and oxygen atoms in total. The molecule has 1 N–H and O–H groups in total. The van der Waals surface area contributed by atoms with Crippen LogP contribution < -0.4 is 14.8 Å². The molecular formula is C23H22ClNO3. The Morgan fingerprint density at radius 2 is 1.71 bits per heavy atom. The molecule has 144 valence electrons. The number of carbonyl (C=O) groups excluding carboxylic acids is 1. The second-order valence-electron chi connectivity index (χ2n) is 6.27. The number of amides is 1. The summed E-state index contributed by atoms with van der Waals surface area (Å²) in [7, 11) is 1.59. The third kappa shape index (κ3) is 5.05. The monoisotopic (exact) mass is 395 g/mol. The highest BCUT2D eigenvalue weighted by Gasteiger charge is 2.11. The lowest BCUT2D eigenvalue weighted by Gasteiger charge is -2.13. The molecule has 5 heteroatoms. The number of nitrogens with one attached hydrogen (secondary N) is 1. The average molecular weight is 396 g/mol. The van der Waals surface area contributed by atoms with Gasteiger partial charge in [0.15, 0.2) is 0 Å². The van der Waals surface area contributed by atoms with Gasteiger partial charge in [-0.25, -0.2) is 0 Å². The van der Waals surface area contributed by atoms with Gasteiger partial charge in [-0.15, -0.1) is 0 Å². The molecule has 3 aromatic rings. The molecule has 0 atom stereocenters. The zero-order chi connectivity index (χ0) is 19.9. The lowest BCUT2D eigenvalue weighted by atomic mass is 10.1. The van der Waals surface area contributed by atoms with Crippen molar-refractivity contribution in [3.63, 3.8) is 0 Å². The molecule has 0 unspecified atom stereocenters. The predicted octanol–water partition coefficient (Wildman–Crippen LogP) is 5.74. The van der Waals surface area contributed by atoms with Crippen LogP contribution >= 0.6 is 11.6 Å². The topological polar surface area (TPSA) is 47.6 Å². The van der Waals surface area contributed by atoms with E-state index in [9.17, 15) is 4.79 Å². The van der Waals surface area contributed by atoms with E-state index in [1.54, 1.807) is 49.6 Å². The van der Waals surface area contributed by atoms with Gasteiger partial charge in [-0.1, -0.05) is 30.7 Å². The van der Waals surface area contributed by atoms with Crippen molar-refractivity contribution in [1.29, 1.82) is 0 Å². The second kappa shape index (κ2) is 9.29. The Balaban J connectivity index is 1.73. The second-order valence-corrected chi connectivity index (χ2v) is 6.71. The van der Waals surface area contributed by atoms with Crippen LogP contribution in [0.5, 0.6) is 11.5 Å². The van der Waals surface area contributed by atoms with Gasteiger partial charge in [-0.2, -0.15) is 0 Å². The van der Waals surface area contributed by atoms with Gasteiger partial charge in [0.05, 0.1) is 7.11 Å². The number of benzene rings is 3. The van der Waals surface area contributed by atoms with Crippen LogP contribution in [-0.2, 0) is 13.0 Å². The van der Waals surface area contributed by atoms with E-state index >= 15 is 0 Å². The number of aryl methyl sites for hydroxylation is 1. The van der Waals surface area contributed by atoms with Crippen LogP contribution in [-0.4, -0.2) is 13.0 Å². The SMILES string of the molecule is CCc1ccc(NC(=O)c2ccc(OC)c(COc3ccc(Cl)cc3)c2)cc1. The van der Waals surface area contributed by atoms with E-state index in [1.807, 2.05) is 24.3 Å². The summed E-state index contributed by atoms with van der Waals surface area (Å²) in [4.78, 5) is 12.6. The molecule has 3 aromatic carbocycles. The summed E-state index contributed by atoms with van der Waals surface area (Å²) in [5.74, 6) is 1.18. The highest BCUT2D eigenvalue weighted by Crippen LogP contribution is 2.24. The molecule has 0 aliphatic heterocycles. The van der Waals surface area contributed by atoms with Crippen LogP contribution in [0, 0.1) is 0 Å². The number of hydrogen-bond acceptors (Lipinski definition) is 3. The number of halogens is 1. The fraction of sp³-hybridized carbons (Fsp3) is 0.174. The van der Waals surface area contributed by atoms with E-state index in [2.05, 4.69) is 12.2 Å². The average Bonchev–Trinajstić information content (AvgIpc) is 2.73. The summed E-state index contributed by atoms with van der Waals surface area (Å²) in [6.45, 7) is 2.37. The lowest BCUT2D eigenvalue weighted by molar-refractivity contribution is 0.102. The molecule has 0 heterocycles. The molecule has 1 amide bonds. The first-order valence-corrected chi connectivity index (χ1v) is 9.42. The van der Waals surface area contributed by atoms with Gasteiger partial charge in [0, 0.05) is 21.8 Å². The summed E-state index contributed by atoms with van der Waals surface area (Å²) >= 11 is 5.90. The third-order valence-electron chi connectivity index (χ3n) is 4.37. The first-order valence-electron chi connectivity index (χ1n) is 9.04. The molecule has 3 rings (SSSR count). The Morgan fingerprint density at radius 3 is 2.36 bits per heavy atom. The molecule has 28 heavy (non-hydrogen) atoms. The van der Waals surface area contributed by atoms with Gasteiger partial charge in [0.1, 0.15) is 18.1 Å². The maximum atomic E-state index is 12.6. The summed E-state index contributed by atoms with van der Waals surface area (Å²) in [5.41, 5.74) is 3.31. The Hall–Kier alpha value is -2.98. The van der Waals surface area contributed by atoms with E-state index in [1.165, 1.54) is 5.56 Å². The molecule has 0 aromatic heterocycles. The standard InChI is InChI=1S/C23H22ClNO3/c1-3-16-4-9-20(10-5-16)25-23(26)17-6-13-22(27-2)18(14-17)15-28-21-11-7-19(24)8-12-21/h4-14H,3,15H2,1-2H3,(H,25,26). The van der Waals surface area contributed by atoms with E-state index in [0.717, 1.165) is 17.7 Å². The number of ether oxygens (including phenoxy) is 2. The van der Waals surface area contributed by atoms with Crippen molar-refractivity contribution in [1.82, 2.24) is 0 Å². The van der Waals surface area contributed by atoms with Crippen LogP contribution in [0.25, 0.3) is 0 Å². The highest BCUT2D eigenvalue weighted by molar-refractivity contribution is 6.30. The Kier molecular flexibility index (Phi) is 6.56. The van der Waals surface area contributed by atoms with E-state index in [0.29, 0.717) is 22.1 Å². The Morgan fingerprint density at radius 1 is 1.00 bits per heavy atom. The summed E-state index contributed by atoms with van der Waals surface area (Å²) in [6, 6.07) is 20.3. The van der Waals surface area contributed by atoms with Crippen LogP contribution in [0.15, 0.2) is 66.7 Å². The van der Waals surface area contributed by atoms with Crippen LogP contribution in [0.3, 0.4) is 0 Å². The predicted molar refractivity (Wildman–Crippen MR) is 113 cm³/mol. The molecule has 0 spiro atoms. The molecule has 0 saturated heterocycles. The largest absolute Gasteiger partial charge is 0.496 e. The summed E-state index contributed by atoms with van der Waals surface area (Å²) < 4.78 is 11.2. The van der Waals surface area contributed by atoms with Gasteiger partial charge in [-0.05, 0) is 66.6 Å². The van der Waals surface area contributed by atoms with Crippen molar-refractivity contribution in [3.05, 3.63) is 88.4 Å². The summed E-state index contributed by atoms with van der Waals surface area (Å²) in [6.07, 6.45) is 0.962. The molecule has 0 fully saturated rings. The van der Waals surface area contributed by atoms with Crippen molar-refractivity contribution in [2.75, 3.05) is 12.4 Å².